The van der Waals surface area contributed by atoms with E-state index < -0.39 is 12.0 Å². The van der Waals surface area contributed by atoms with Crippen LogP contribution in [0.1, 0.15) is 53.4 Å². The van der Waals surface area contributed by atoms with Crippen molar-refractivity contribution in [2.45, 2.75) is 52.2 Å². The lowest BCUT2D eigenvalue weighted by Crippen LogP contribution is -2.47. The fourth-order valence-corrected chi connectivity index (χ4v) is 6.12. The molecule has 1 aliphatic carbocycles. The zero-order valence-corrected chi connectivity index (χ0v) is 25.5. The summed E-state index contributed by atoms with van der Waals surface area (Å²) < 4.78 is 6.77. The molecule has 0 unspecified atom stereocenters. The zero-order chi connectivity index (χ0) is 30.6. The minimum atomic E-state index is -0.648. The van der Waals surface area contributed by atoms with Crippen molar-refractivity contribution >= 4 is 56.2 Å². The summed E-state index contributed by atoms with van der Waals surface area (Å²) in [6.07, 6.45) is 4.38. The molecular formula is C30H28BrN7O5. The molecule has 4 aromatic rings. The molecule has 2 amide bonds. The molecule has 13 heteroatoms. The molecule has 1 saturated carbocycles. The number of anilines is 1. The Balaban J connectivity index is 1.27. The third-order valence-corrected chi connectivity index (χ3v) is 8.69. The summed E-state index contributed by atoms with van der Waals surface area (Å²) in [5.41, 5.74) is 2.85. The van der Waals surface area contributed by atoms with Gasteiger partial charge in [-0.25, -0.2) is 19.7 Å². The van der Waals surface area contributed by atoms with Gasteiger partial charge in [-0.05, 0) is 70.4 Å². The number of Topliss-reactive ketones (excluding diaryl/α,β-unsaturated/α-hetero) is 1. The van der Waals surface area contributed by atoms with Crippen LogP contribution in [0.4, 0.5) is 5.82 Å². The van der Waals surface area contributed by atoms with Gasteiger partial charge in [0.2, 0.25) is 17.6 Å². The lowest BCUT2D eigenvalue weighted by molar-refractivity contribution is -0.138. The molecule has 1 N–H and O–H groups in total. The Bertz CT molecular complexity index is 1820. The molecule has 12 nitrogen and oxygen atoms in total. The number of piperidine rings is 1. The van der Waals surface area contributed by atoms with Crippen LogP contribution < -0.4 is 5.32 Å². The molecule has 6 rings (SSSR count). The number of carbonyl (C=O) groups is 4. The van der Waals surface area contributed by atoms with Crippen molar-refractivity contribution in [3.05, 3.63) is 64.4 Å². The SMILES string of the molecule is COC(=O)c1ncc(-c2ccc3c(c2)c(C(C)=O)nn3CC(=O)N2[C@H](C(=O)Nc3nc(Br)ccc3C)C[C@@]3(C)C[C@@H]23)cn1. The highest BCUT2D eigenvalue weighted by molar-refractivity contribution is 9.10. The maximum Gasteiger partial charge on any atom is 0.376 e. The number of nitrogens with one attached hydrogen (secondary N) is 1. The van der Waals surface area contributed by atoms with Crippen LogP contribution in [0.5, 0.6) is 0 Å². The number of esters is 1. The average Bonchev–Trinajstić information content (AvgIpc) is 3.35. The molecule has 0 radical (unpaired) electrons. The van der Waals surface area contributed by atoms with Crippen LogP contribution in [0.3, 0.4) is 0 Å². The number of amides is 2. The third-order valence-electron chi connectivity index (χ3n) is 8.25. The molecule has 43 heavy (non-hydrogen) atoms. The Morgan fingerprint density at radius 3 is 2.53 bits per heavy atom. The second-order valence-corrected chi connectivity index (χ2v) is 12.1. The number of likely N-dealkylation sites (tertiary alicyclic amines) is 1. The van der Waals surface area contributed by atoms with Gasteiger partial charge in [-0.1, -0.05) is 19.1 Å². The van der Waals surface area contributed by atoms with E-state index in [2.05, 4.69) is 53.0 Å². The lowest BCUT2D eigenvalue weighted by Gasteiger charge is -2.27. The third kappa shape index (κ3) is 5.18. The number of nitrogens with zero attached hydrogens (tertiary/aromatic N) is 6. The van der Waals surface area contributed by atoms with Gasteiger partial charge in [0.05, 0.1) is 12.6 Å². The number of benzene rings is 1. The fraction of sp³-hybridized carbons (Fsp3) is 0.333. The first-order valence-corrected chi connectivity index (χ1v) is 14.5. The Labute approximate surface area is 255 Å². The monoisotopic (exact) mass is 645 g/mol. The quantitative estimate of drug-likeness (QED) is 0.179. The first kappa shape index (κ1) is 28.6. The van der Waals surface area contributed by atoms with Crippen LogP contribution >= 0.6 is 15.9 Å². The number of hydrogen-bond donors (Lipinski definition) is 1. The van der Waals surface area contributed by atoms with E-state index >= 15 is 0 Å². The topological polar surface area (TPSA) is 149 Å². The number of hydrogen-bond acceptors (Lipinski definition) is 9. The number of aromatic nitrogens is 5. The van der Waals surface area contributed by atoms with Gasteiger partial charge < -0.3 is 15.0 Å². The van der Waals surface area contributed by atoms with E-state index in [-0.39, 0.29) is 47.1 Å². The summed E-state index contributed by atoms with van der Waals surface area (Å²) in [6, 6.07) is 8.34. The summed E-state index contributed by atoms with van der Waals surface area (Å²) in [5.74, 6) is -1.04. The zero-order valence-electron chi connectivity index (χ0n) is 23.9. The maximum atomic E-state index is 13.8. The first-order chi connectivity index (χ1) is 20.5. The Hall–Kier alpha value is -4.52. The van der Waals surface area contributed by atoms with Gasteiger partial charge in [-0.15, -0.1) is 0 Å². The lowest BCUT2D eigenvalue weighted by atomic mass is 10.0. The predicted molar refractivity (Wildman–Crippen MR) is 159 cm³/mol. The van der Waals surface area contributed by atoms with Crippen LogP contribution in [-0.2, 0) is 20.9 Å². The van der Waals surface area contributed by atoms with Crippen LogP contribution in [0.15, 0.2) is 47.3 Å². The molecule has 1 aliphatic heterocycles. The van der Waals surface area contributed by atoms with Crippen LogP contribution in [-0.4, -0.2) is 72.4 Å². The van der Waals surface area contributed by atoms with E-state index in [1.54, 1.807) is 23.1 Å². The second kappa shape index (κ2) is 10.6. The molecule has 0 spiro atoms. The second-order valence-electron chi connectivity index (χ2n) is 11.3. The van der Waals surface area contributed by atoms with Gasteiger partial charge in [0.25, 0.3) is 0 Å². The van der Waals surface area contributed by atoms with Gasteiger partial charge in [0.1, 0.15) is 28.7 Å². The predicted octanol–water partition coefficient (Wildman–Crippen LogP) is 3.97. The minimum Gasteiger partial charge on any atom is -0.463 e. The van der Waals surface area contributed by atoms with E-state index in [1.165, 1.54) is 31.1 Å². The van der Waals surface area contributed by atoms with E-state index in [0.29, 0.717) is 38.9 Å². The molecular weight excluding hydrogens is 618 g/mol. The molecule has 1 aromatic carbocycles. The van der Waals surface area contributed by atoms with Crippen molar-refractivity contribution in [2.75, 3.05) is 12.4 Å². The van der Waals surface area contributed by atoms with Crippen LogP contribution in [0, 0.1) is 12.3 Å². The number of pyridine rings is 1. The van der Waals surface area contributed by atoms with Gasteiger partial charge in [-0.2, -0.15) is 5.10 Å². The fourth-order valence-electron chi connectivity index (χ4n) is 5.81. The molecule has 220 valence electrons. The highest BCUT2D eigenvalue weighted by atomic mass is 79.9. The number of carbonyl (C=O) groups excluding carboxylic acids is 4. The number of rotatable bonds is 7. The summed E-state index contributed by atoms with van der Waals surface area (Å²) >= 11 is 3.34. The van der Waals surface area contributed by atoms with Crippen molar-refractivity contribution in [3.63, 3.8) is 0 Å². The summed E-state index contributed by atoms with van der Waals surface area (Å²) in [7, 11) is 1.25. The Morgan fingerprint density at radius 2 is 1.84 bits per heavy atom. The molecule has 3 atom stereocenters. The highest BCUT2D eigenvalue weighted by Crippen LogP contribution is 2.59. The van der Waals surface area contributed by atoms with Gasteiger partial charge in [0, 0.05) is 36.3 Å². The largest absolute Gasteiger partial charge is 0.463 e. The van der Waals surface area contributed by atoms with Crippen LogP contribution in [0.25, 0.3) is 22.0 Å². The normalized spacial score (nSPS) is 20.5. The smallest absolute Gasteiger partial charge is 0.376 e. The van der Waals surface area contributed by atoms with Gasteiger partial charge in [0.15, 0.2) is 5.78 Å². The van der Waals surface area contributed by atoms with Crippen LogP contribution in [0.2, 0.25) is 0 Å². The van der Waals surface area contributed by atoms with E-state index in [9.17, 15) is 19.2 Å². The standard InChI is InChI=1S/C30H28BrN7O5/c1-15-5-8-23(31)34-26(15)35-28(41)21-10-30(3)11-22(30)38(21)24(40)14-37-20-7-6-17(9-19(20)25(36-37)16(2)39)18-12-32-27(33-13-18)29(42)43-4/h5-9,12-13,21-22H,10-11,14H2,1-4H3,(H,34,35,41)/t21-,22+,30-/m0/s1. The van der Waals surface area contributed by atoms with Gasteiger partial charge in [-0.3, -0.25) is 19.1 Å². The number of aryl methyl sites for hydroxylation is 1. The number of methoxy groups -OCH3 is 1. The minimum absolute atomic E-state index is 0.0408. The molecule has 2 aliphatic rings. The first-order valence-electron chi connectivity index (χ1n) is 13.7. The molecule has 1 saturated heterocycles. The van der Waals surface area contributed by atoms with E-state index in [1.807, 2.05) is 19.1 Å². The van der Waals surface area contributed by atoms with Crippen molar-refractivity contribution in [1.82, 2.24) is 29.6 Å². The van der Waals surface area contributed by atoms with Crippen molar-refractivity contribution < 1.29 is 23.9 Å². The molecule has 4 heterocycles. The molecule has 0 bridgehead atoms. The number of ether oxygens (including phenoxy) is 1. The average molecular weight is 647 g/mol. The molecule has 3 aromatic heterocycles. The number of halogens is 1. The van der Waals surface area contributed by atoms with E-state index in [4.69, 9.17) is 0 Å². The maximum absolute atomic E-state index is 13.8. The number of fused-ring (bicyclic) bond motifs is 2. The van der Waals surface area contributed by atoms with Crippen molar-refractivity contribution in [3.8, 4) is 11.1 Å². The van der Waals surface area contributed by atoms with Gasteiger partial charge >= 0.3 is 5.97 Å². The molecule has 2 fully saturated rings. The van der Waals surface area contributed by atoms with Crippen molar-refractivity contribution in [1.29, 1.82) is 0 Å². The highest BCUT2D eigenvalue weighted by Gasteiger charge is 2.64. The summed E-state index contributed by atoms with van der Waals surface area (Å²) in [4.78, 5) is 65.7. The summed E-state index contributed by atoms with van der Waals surface area (Å²) in [6.45, 7) is 5.23. The Morgan fingerprint density at radius 1 is 1.09 bits per heavy atom. The Kier molecular flexibility index (Phi) is 7.07. The number of ketones is 1. The van der Waals surface area contributed by atoms with Crippen molar-refractivity contribution in [2.24, 2.45) is 5.41 Å². The summed E-state index contributed by atoms with van der Waals surface area (Å²) in [5, 5.41) is 7.98. The van der Waals surface area contributed by atoms with E-state index in [0.717, 1.165) is 12.0 Å².